The minimum atomic E-state index is -5.17. The number of carbonyl (C=O) groups excluding carboxylic acids is 2. The van der Waals surface area contributed by atoms with Crippen LogP contribution in [0.5, 0.6) is 0 Å². The van der Waals surface area contributed by atoms with E-state index in [9.17, 15) is 27.6 Å². The van der Waals surface area contributed by atoms with Gasteiger partial charge in [0.1, 0.15) is 5.71 Å². The summed E-state index contributed by atoms with van der Waals surface area (Å²) in [5.41, 5.74) is -1.86. The van der Waals surface area contributed by atoms with Crippen molar-refractivity contribution in [2.24, 2.45) is 5.10 Å². The topological polar surface area (TPSA) is 108 Å². The SMILES string of the molecule is CC(NC(=O)C1=NNC(=O)CC1)(C(=O)O)C(F)(F)F. The standard InChI is InChI=1S/C9H10F3N3O4/c1-8(7(18)19,9(10,11)12)13-6(17)4-2-3-5(16)15-14-4/h2-3H2,1H3,(H,13,17)(H,15,16)(H,18,19). The maximum atomic E-state index is 12.6. The number of nitrogens with one attached hydrogen (secondary N) is 2. The molecule has 0 saturated carbocycles. The van der Waals surface area contributed by atoms with Gasteiger partial charge in [0.05, 0.1) is 0 Å². The normalized spacial score (nSPS) is 18.9. The van der Waals surface area contributed by atoms with Crippen LogP contribution in [0.1, 0.15) is 19.8 Å². The van der Waals surface area contributed by atoms with Gasteiger partial charge in [0, 0.05) is 12.8 Å². The molecule has 0 aromatic rings. The van der Waals surface area contributed by atoms with Crippen molar-refractivity contribution in [1.29, 1.82) is 0 Å². The number of amides is 2. The van der Waals surface area contributed by atoms with Gasteiger partial charge in [-0.25, -0.2) is 10.2 Å². The van der Waals surface area contributed by atoms with Crippen LogP contribution in [0.25, 0.3) is 0 Å². The maximum absolute atomic E-state index is 12.6. The van der Waals surface area contributed by atoms with Gasteiger partial charge in [0.15, 0.2) is 0 Å². The minimum Gasteiger partial charge on any atom is -0.479 e. The molecule has 1 rings (SSSR count). The molecule has 0 aromatic heterocycles. The van der Waals surface area contributed by atoms with Crippen molar-refractivity contribution < 1.29 is 32.7 Å². The zero-order valence-corrected chi connectivity index (χ0v) is 9.67. The fraction of sp³-hybridized carbons (Fsp3) is 0.556. The van der Waals surface area contributed by atoms with Crippen LogP contribution in [0.4, 0.5) is 13.2 Å². The number of carboxylic acids is 1. The average Bonchev–Trinajstić information content (AvgIpc) is 2.27. The van der Waals surface area contributed by atoms with Crippen molar-refractivity contribution in [3.63, 3.8) is 0 Å². The number of hydrogen-bond acceptors (Lipinski definition) is 4. The Labute approximate surface area is 104 Å². The number of nitrogens with zero attached hydrogens (tertiary/aromatic N) is 1. The quantitative estimate of drug-likeness (QED) is 0.664. The van der Waals surface area contributed by atoms with E-state index in [1.54, 1.807) is 0 Å². The molecule has 0 spiro atoms. The monoisotopic (exact) mass is 281 g/mol. The highest BCUT2D eigenvalue weighted by atomic mass is 19.4. The number of alkyl halides is 3. The molecule has 0 aromatic carbocycles. The molecule has 1 unspecified atom stereocenters. The molecular weight excluding hydrogens is 271 g/mol. The Morgan fingerprint density at radius 2 is 1.95 bits per heavy atom. The lowest BCUT2D eigenvalue weighted by Gasteiger charge is -2.28. The fourth-order valence-corrected chi connectivity index (χ4v) is 1.18. The molecule has 3 N–H and O–H groups in total. The van der Waals surface area contributed by atoms with Gasteiger partial charge in [-0.15, -0.1) is 0 Å². The second-order valence-electron chi connectivity index (χ2n) is 3.98. The summed E-state index contributed by atoms with van der Waals surface area (Å²) in [5.74, 6) is -4.01. The first-order valence-corrected chi connectivity index (χ1v) is 5.06. The summed E-state index contributed by atoms with van der Waals surface area (Å²) in [6.45, 7) is 0.329. The van der Waals surface area contributed by atoms with Gasteiger partial charge in [0.2, 0.25) is 11.4 Å². The Balaban J connectivity index is 2.90. The third-order valence-corrected chi connectivity index (χ3v) is 2.52. The third-order valence-electron chi connectivity index (χ3n) is 2.52. The molecule has 1 heterocycles. The number of carbonyl (C=O) groups is 3. The molecule has 2 amide bonds. The molecule has 7 nitrogen and oxygen atoms in total. The summed E-state index contributed by atoms with van der Waals surface area (Å²) in [6.07, 6.45) is -5.44. The molecule has 106 valence electrons. The second-order valence-corrected chi connectivity index (χ2v) is 3.98. The second kappa shape index (κ2) is 4.86. The first kappa shape index (κ1) is 14.9. The number of halogens is 3. The molecule has 10 heteroatoms. The summed E-state index contributed by atoms with van der Waals surface area (Å²) in [4.78, 5) is 33.0. The number of hydrazone groups is 1. The van der Waals surface area contributed by atoms with Crippen LogP contribution in [-0.4, -0.2) is 40.3 Å². The number of hydrogen-bond donors (Lipinski definition) is 3. The molecule has 1 aliphatic heterocycles. The third kappa shape index (κ3) is 3.01. The van der Waals surface area contributed by atoms with Crippen LogP contribution in [0.3, 0.4) is 0 Å². The molecule has 0 aliphatic carbocycles. The lowest BCUT2D eigenvalue weighted by Crippen LogP contribution is -2.63. The molecule has 1 atom stereocenters. The van der Waals surface area contributed by atoms with Gasteiger partial charge in [-0.3, -0.25) is 9.59 Å². The maximum Gasteiger partial charge on any atom is 0.422 e. The predicted octanol–water partition coefficient (Wildman–Crippen LogP) is -0.226. The largest absolute Gasteiger partial charge is 0.479 e. The Morgan fingerprint density at radius 3 is 2.32 bits per heavy atom. The van der Waals surface area contributed by atoms with Crippen molar-refractivity contribution in [3.8, 4) is 0 Å². The first-order valence-electron chi connectivity index (χ1n) is 5.06. The van der Waals surface area contributed by atoms with E-state index < -0.39 is 29.5 Å². The first-order chi connectivity index (χ1) is 8.58. The fourth-order valence-electron chi connectivity index (χ4n) is 1.18. The van der Waals surface area contributed by atoms with E-state index in [0.29, 0.717) is 6.92 Å². The lowest BCUT2D eigenvalue weighted by molar-refractivity contribution is -0.206. The summed E-state index contributed by atoms with van der Waals surface area (Å²) in [7, 11) is 0. The zero-order chi connectivity index (χ0) is 14.8. The van der Waals surface area contributed by atoms with Crippen molar-refractivity contribution in [1.82, 2.24) is 10.7 Å². The highest BCUT2D eigenvalue weighted by Crippen LogP contribution is 2.30. The molecular formula is C9H10F3N3O4. The number of rotatable bonds is 3. The Hall–Kier alpha value is -2.13. The molecule has 1 aliphatic rings. The van der Waals surface area contributed by atoms with Gasteiger partial charge in [-0.2, -0.15) is 18.3 Å². The van der Waals surface area contributed by atoms with Crippen LogP contribution < -0.4 is 10.7 Å². The summed E-state index contributed by atoms with van der Waals surface area (Å²) in [5, 5.41) is 13.3. The van der Waals surface area contributed by atoms with Crippen molar-refractivity contribution in [2.75, 3.05) is 0 Å². The Bertz CT molecular complexity index is 460. The van der Waals surface area contributed by atoms with E-state index in [4.69, 9.17) is 5.11 Å². The lowest BCUT2D eigenvalue weighted by atomic mass is 10.0. The molecule has 0 fully saturated rings. The van der Waals surface area contributed by atoms with E-state index in [1.807, 2.05) is 5.43 Å². The molecule has 0 bridgehead atoms. The molecule has 0 radical (unpaired) electrons. The summed E-state index contributed by atoms with van der Waals surface area (Å²) < 4.78 is 37.9. The Kier molecular flexibility index (Phi) is 3.82. The van der Waals surface area contributed by atoms with Crippen molar-refractivity contribution >= 4 is 23.5 Å². The van der Waals surface area contributed by atoms with Crippen LogP contribution in [0.2, 0.25) is 0 Å². The van der Waals surface area contributed by atoms with Crippen LogP contribution in [0, 0.1) is 0 Å². The highest BCUT2D eigenvalue weighted by molar-refractivity contribution is 6.40. The van der Waals surface area contributed by atoms with E-state index >= 15 is 0 Å². The summed E-state index contributed by atoms with van der Waals surface area (Å²) in [6, 6.07) is 0. The van der Waals surface area contributed by atoms with Gasteiger partial charge >= 0.3 is 12.1 Å². The van der Waals surface area contributed by atoms with Gasteiger partial charge in [-0.1, -0.05) is 0 Å². The van der Waals surface area contributed by atoms with E-state index in [2.05, 4.69) is 5.10 Å². The van der Waals surface area contributed by atoms with Crippen molar-refractivity contribution in [3.05, 3.63) is 0 Å². The highest BCUT2D eigenvalue weighted by Gasteiger charge is 2.58. The van der Waals surface area contributed by atoms with Crippen LogP contribution >= 0.6 is 0 Å². The van der Waals surface area contributed by atoms with Gasteiger partial charge in [0.25, 0.3) is 5.91 Å². The van der Waals surface area contributed by atoms with Crippen LogP contribution in [-0.2, 0) is 14.4 Å². The number of aliphatic carboxylic acids is 1. The van der Waals surface area contributed by atoms with Crippen LogP contribution in [0.15, 0.2) is 5.10 Å². The minimum absolute atomic E-state index is 0.109. The zero-order valence-electron chi connectivity index (χ0n) is 9.67. The average molecular weight is 281 g/mol. The predicted molar refractivity (Wildman–Crippen MR) is 55.1 cm³/mol. The number of carboxylic acid groups (broad SMARTS) is 1. The smallest absolute Gasteiger partial charge is 0.422 e. The van der Waals surface area contributed by atoms with Gasteiger partial charge < -0.3 is 10.4 Å². The van der Waals surface area contributed by atoms with Crippen molar-refractivity contribution in [2.45, 2.75) is 31.5 Å². The van der Waals surface area contributed by atoms with Gasteiger partial charge in [-0.05, 0) is 6.92 Å². The summed E-state index contributed by atoms with van der Waals surface area (Å²) >= 11 is 0. The van der Waals surface area contributed by atoms with E-state index in [0.717, 1.165) is 0 Å². The Morgan fingerprint density at radius 1 is 1.37 bits per heavy atom. The molecule has 0 saturated heterocycles. The molecule has 19 heavy (non-hydrogen) atoms. The van der Waals surface area contributed by atoms with E-state index in [-0.39, 0.29) is 18.6 Å². The van der Waals surface area contributed by atoms with E-state index in [1.165, 1.54) is 5.32 Å².